The van der Waals surface area contributed by atoms with Crippen molar-refractivity contribution in [2.75, 3.05) is 11.4 Å². The fraction of sp³-hybridized carbons (Fsp3) is 0.385. The average Bonchev–Trinajstić information content (AvgIpc) is 2.88. The van der Waals surface area contributed by atoms with E-state index in [0.29, 0.717) is 6.42 Å². The molecule has 2 aliphatic heterocycles. The molecule has 0 saturated carbocycles. The zero-order valence-electron chi connectivity index (χ0n) is 10.6. The number of nitrogens with zero attached hydrogens (tertiary/aromatic N) is 2. The third-order valence-corrected chi connectivity index (χ3v) is 3.94. The lowest BCUT2D eigenvalue weighted by molar-refractivity contribution is -0.137. The van der Waals surface area contributed by atoms with Crippen LogP contribution in [0.4, 0.5) is 23.7 Å². The molecule has 21 heavy (non-hydrogen) atoms. The van der Waals surface area contributed by atoms with Crippen molar-refractivity contribution in [2.24, 2.45) is 0 Å². The number of amides is 3. The number of imide groups is 1. The summed E-state index contributed by atoms with van der Waals surface area (Å²) >= 11 is 5.91. The Hall–Kier alpha value is -1.76. The molecule has 0 aromatic heterocycles. The van der Waals surface area contributed by atoms with Gasteiger partial charge < -0.3 is 4.90 Å². The number of hydrogen-bond donors (Lipinski definition) is 0. The quantitative estimate of drug-likeness (QED) is 0.590. The Labute approximate surface area is 123 Å². The molecule has 2 fully saturated rings. The summed E-state index contributed by atoms with van der Waals surface area (Å²) in [5, 5.41) is -0.299. The highest BCUT2D eigenvalue weighted by atomic mass is 35.5. The fourth-order valence-corrected chi connectivity index (χ4v) is 2.98. The van der Waals surface area contributed by atoms with Gasteiger partial charge in [-0.1, -0.05) is 6.07 Å². The number of carbonyl (C=O) groups is 2. The van der Waals surface area contributed by atoms with Crippen molar-refractivity contribution in [3.63, 3.8) is 0 Å². The molecule has 2 atom stereocenters. The maximum atomic E-state index is 12.7. The molecular formula is C13H10ClF3N2O2. The van der Waals surface area contributed by atoms with Crippen molar-refractivity contribution in [3.8, 4) is 0 Å². The van der Waals surface area contributed by atoms with Crippen molar-refractivity contribution >= 4 is 29.2 Å². The van der Waals surface area contributed by atoms with Gasteiger partial charge in [0.1, 0.15) is 6.04 Å². The van der Waals surface area contributed by atoms with E-state index in [9.17, 15) is 22.8 Å². The summed E-state index contributed by atoms with van der Waals surface area (Å²) in [6.45, 7) is 0.228. The van der Waals surface area contributed by atoms with Gasteiger partial charge in [0, 0.05) is 6.54 Å². The van der Waals surface area contributed by atoms with Gasteiger partial charge in [0.05, 0.1) is 16.6 Å². The van der Waals surface area contributed by atoms with Crippen LogP contribution < -0.4 is 4.90 Å². The molecule has 2 aliphatic rings. The summed E-state index contributed by atoms with van der Waals surface area (Å²) in [6.07, 6.45) is -4.21. The number of alkyl halides is 4. The van der Waals surface area contributed by atoms with Crippen LogP contribution in [0.5, 0.6) is 0 Å². The topological polar surface area (TPSA) is 40.6 Å². The summed E-state index contributed by atoms with van der Waals surface area (Å²) < 4.78 is 38.1. The largest absolute Gasteiger partial charge is 0.416 e. The molecular weight excluding hydrogens is 309 g/mol. The van der Waals surface area contributed by atoms with Crippen LogP contribution in [0.25, 0.3) is 0 Å². The summed E-state index contributed by atoms with van der Waals surface area (Å²) in [6, 6.07) is 2.89. The van der Waals surface area contributed by atoms with Crippen LogP contribution in [0.15, 0.2) is 24.3 Å². The molecule has 4 nitrogen and oxygen atoms in total. The number of halogens is 4. The SMILES string of the molecule is O=C1[C@H]2C[C@H](Cl)CN2C(=O)N1c1cccc(C(F)(F)F)c1. The molecule has 3 amide bonds. The number of urea groups is 1. The zero-order chi connectivity index (χ0) is 15.4. The van der Waals surface area contributed by atoms with Gasteiger partial charge in [-0.25, -0.2) is 9.69 Å². The first kappa shape index (κ1) is 14.2. The first-order valence-electron chi connectivity index (χ1n) is 6.25. The molecule has 8 heteroatoms. The smallest absolute Gasteiger partial charge is 0.310 e. The number of carbonyl (C=O) groups excluding carboxylic acids is 2. The summed E-state index contributed by atoms with van der Waals surface area (Å²) in [4.78, 5) is 26.5. The van der Waals surface area contributed by atoms with E-state index in [1.165, 1.54) is 17.0 Å². The van der Waals surface area contributed by atoms with E-state index in [0.717, 1.165) is 17.0 Å². The van der Waals surface area contributed by atoms with E-state index in [1.807, 2.05) is 0 Å². The van der Waals surface area contributed by atoms with Crippen molar-refractivity contribution in [2.45, 2.75) is 24.0 Å². The Kier molecular flexibility index (Phi) is 3.12. The minimum absolute atomic E-state index is 0.0691. The Bertz CT molecular complexity index is 596. The number of benzene rings is 1. The van der Waals surface area contributed by atoms with Gasteiger partial charge in [-0.3, -0.25) is 4.79 Å². The van der Waals surface area contributed by atoms with Gasteiger partial charge in [0.2, 0.25) is 0 Å². The summed E-state index contributed by atoms with van der Waals surface area (Å²) in [5.41, 5.74) is -0.969. The molecule has 0 radical (unpaired) electrons. The molecule has 0 bridgehead atoms. The maximum Gasteiger partial charge on any atom is 0.416 e. The Morgan fingerprint density at radius 3 is 2.57 bits per heavy atom. The second-order valence-electron chi connectivity index (χ2n) is 5.01. The Balaban J connectivity index is 1.95. The normalized spacial score (nSPS) is 25.7. The standard InChI is InChI=1S/C13H10ClF3N2O2/c14-8-5-10-11(20)19(12(21)18(10)6-8)9-3-1-2-7(4-9)13(15,16)17/h1-4,8,10H,5-6H2/t8-,10+/m0/s1. The Morgan fingerprint density at radius 2 is 1.95 bits per heavy atom. The lowest BCUT2D eigenvalue weighted by Crippen LogP contribution is -2.34. The van der Waals surface area contributed by atoms with E-state index < -0.39 is 29.7 Å². The lowest BCUT2D eigenvalue weighted by atomic mass is 10.1. The van der Waals surface area contributed by atoms with Gasteiger partial charge in [-0.05, 0) is 24.6 Å². The van der Waals surface area contributed by atoms with Crippen molar-refractivity contribution < 1.29 is 22.8 Å². The van der Waals surface area contributed by atoms with Crippen LogP contribution in [-0.2, 0) is 11.0 Å². The zero-order valence-corrected chi connectivity index (χ0v) is 11.4. The number of rotatable bonds is 1. The van der Waals surface area contributed by atoms with E-state index in [4.69, 9.17) is 11.6 Å². The van der Waals surface area contributed by atoms with Crippen LogP contribution in [0.1, 0.15) is 12.0 Å². The van der Waals surface area contributed by atoms with Crippen molar-refractivity contribution in [1.29, 1.82) is 0 Å². The second-order valence-corrected chi connectivity index (χ2v) is 5.62. The minimum Gasteiger partial charge on any atom is -0.310 e. The molecule has 112 valence electrons. The third kappa shape index (κ3) is 2.25. The first-order chi connectivity index (χ1) is 9.79. The first-order valence-corrected chi connectivity index (χ1v) is 6.68. The van der Waals surface area contributed by atoms with Crippen LogP contribution in [0.2, 0.25) is 0 Å². The molecule has 2 heterocycles. The monoisotopic (exact) mass is 318 g/mol. The molecule has 0 N–H and O–H groups in total. The van der Waals surface area contributed by atoms with Crippen LogP contribution in [0, 0.1) is 0 Å². The van der Waals surface area contributed by atoms with Gasteiger partial charge in [0.15, 0.2) is 0 Å². The predicted molar refractivity (Wildman–Crippen MR) is 69.1 cm³/mol. The maximum absolute atomic E-state index is 12.7. The highest BCUT2D eigenvalue weighted by Crippen LogP contribution is 2.36. The average molecular weight is 319 g/mol. The molecule has 2 saturated heterocycles. The van der Waals surface area contributed by atoms with E-state index in [1.54, 1.807) is 0 Å². The van der Waals surface area contributed by atoms with Gasteiger partial charge in [-0.15, -0.1) is 11.6 Å². The van der Waals surface area contributed by atoms with Gasteiger partial charge >= 0.3 is 12.2 Å². The molecule has 0 aliphatic carbocycles. The van der Waals surface area contributed by atoms with Crippen molar-refractivity contribution in [3.05, 3.63) is 29.8 Å². The fourth-order valence-electron chi connectivity index (χ4n) is 2.66. The third-order valence-electron chi connectivity index (χ3n) is 3.62. The van der Waals surface area contributed by atoms with E-state index >= 15 is 0 Å². The van der Waals surface area contributed by atoms with Crippen LogP contribution in [-0.4, -0.2) is 34.8 Å². The molecule has 1 aromatic rings. The summed E-state index contributed by atoms with van der Waals surface area (Å²) in [5.74, 6) is -0.525. The lowest BCUT2D eigenvalue weighted by Gasteiger charge is -2.17. The van der Waals surface area contributed by atoms with Crippen LogP contribution in [0.3, 0.4) is 0 Å². The van der Waals surface area contributed by atoms with Crippen molar-refractivity contribution in [1.82, 2.24) is 4.90 Å². The second kappa shape index (κ2) is 4.62. The highest BCUT2D eigenvalue weighted by molar-refractivity contribution is 6.25. The molecule has 0 unspecified atom stereocenters. The van der Waals surface area contributed by atoms with Crippen LogP contribution >= 0.6 is 11.6 Å². The molecule has 0 spiro atoms. The molecule has 3 rings (SSSR count). The van der Waals surface area contributed by atoms with Gasteiger partial charge in [0.25, 0.3) is 5.91 Å². The van der Waals surface area contributed by atoms with Gasteiger partial charge in [-0.2, -0.15) is 13.2 Å². The van der Waals surface area contributed by atoms with E-state index in [2.05, 4.69) is 0 Å². The Morgan fingerprint density at radius 1 is 1.24 bits per heavy atom. The number of anilines is 1. The number of hydrogen-bond acceptors (Lipinski definition) is 2. The summed E-state index contributed by atoms with van der Waals surface area (Å²) in [7, 11) is 0. The minimum atomic E-state index is -4.53. The number of fused-ring (bicyclic) bond motifs is 1. The molecule has 1 aromatic carbocycles. The van der Waals surface area contributed by atoms with E-state index in [-0.39, 0.29) is 17.6 Å². The predicted octanol–water partition coefficient (Wildman–Crippen LogP) is 2.85. The highest BCUT2D eigenvalue weighted by Gasteiger charge is 2.50.